The van der Waals surface area contributed by atoms with Crippen LogP contribution in [0.3, 0.4) is 0 Å². The Kier molecular flexibility index (Phi) is 9.34. The molecule has 8 nitrogen and oxygen atoms in total. The molecule has 208 valence electrons. The molecule has 3 aromatic carbocycles. The van der Waals surface area contributed by atoms with Crippen molar-refractivity contribution in [3.8, 4) is 5.75 Å². The molecule has 0 bridgehead atoms. The van der Waals surface area contributed by atoms with Crippen molar-refractivity contribution >= 4 is 16.0 Å². The van der Waals surface area contributed by atoms with Crippen molar-refractivity contribution in [3.05, 3.63) is 94.8 Å². The van der Waals surface area contributed by atoms with Gasteiger partial charge in [0.25, 0.3) is 0 Å². The van der Waals surface area contributed by atoms with Crippen molar-refractivity contribution in [2.45, 2.75) is 24.5 Å². The first kappa shape index (κ1) is 28.7. The van der Waals surface area contributed by atoms with Gasteiger partial charge in [-0.05, 0) is 60.0 Å². The van der Waals surface area contributed by atoms with Crippen molar-refractivity contribution in [3.63, 3.8) is 0 Å². The molecule has 1 saturated heterocycles. The van der Waals surface area contributed by atoms with E-state index in [4.69, 9.17) is 14.2 Å². The molecule has 39 heavy (non-hydrogen) atoms. The fourth-order valence-corrected chi connectivity index (χ4v) is 5.85. The minimum atomic E-state index is -3.79. The highest BCUT2D eigenvalue weighted by Crippen LogP contribution is 2.26. The van der Waals surface area contributed by atoms with E-state index in [2.05, 4.69) is 4.90 Å². The van der Waals surface area contributed by atoms with E-state index in [0.29, 0.717) is 43.1 Å². The molecule has 0 spiro atoms. The van der Waals surface area contributed by atoms with E-state index in [1.807, 2.05) is 36.4 Å². The van der Waals surface area contributed by atoms with Gasteiger partial charge in [-0.1, -0.05) is 30.3 Å². The van der Waals surface area contributed by atoms with Crippen LogP contribution in [-0.4, -0.2) is 70.5 Å². The molecule has 0 unspecified atom stereocenters. The number of carbonyl (C=O) groups excluding carboxylic acids is 1. The second-order valence-corrected chi connectivity index (χ2v) is 11.3. The lowest BCUT2D eigenvalue weighted by Gasteiger charge is -2.36. The smallest absolute Gasteiger partial charge is 0.337 e. The first-order valence-corrected chi connectivity index (χ1v) is 14.1. The number of aryl methyl sites for hydroxylation is 1. The van der Waals surface area contributed by atoms with Crippen LogP contribution in [-0.2, 0) is 26.1 Å². The topological polar surface area (TPSA) is 85.4 Å². The van der Waals surface area contributed by atoms with Gasteiger partial charge in [0.2, 0.25) is 10.0 Å². The molecule has 0 aliphatic carbocycles. The Balaban J connectivity index is 1.43. The number of rotatable bonds is 10. The van der Waals surface area contributed by atoms with Gasteiger partial charge in [-0.15, -0.1) is 0 Å². The molecule has 4 rings (SSSR count). The zero-order chi connectivity index (χ0) is 28.0. The van der Waals surface area contributed by atoms with Crippen LogP contribution in [0.1, 0.15) is 33.2 Å². The number of halogens is 1. The fourth-order valence-electron chi connectivity index (χ4n) is 4.42. The summed E-state index contributed by atoms with van der Waals surface area (Å²) in [5, 5.41) is 0. The van der Waals surface area contributed by atoms with Crippen LogP contribution < -0.4 is 4.74 Å². The number of sulfonamides is 1. The molecule has 0 saturated carbocycles. The van der Waals surface area contributed by atoms with E-state index < -0.39 is 21.8 Å². The molecule has 1 aliphatic rings. The van der Waals surface area contributed by atoms with Crippen LogP contribution in [0.15, 0.2) is 71.6 Å². The summed E-state index contributed by atoms with van der Waals surface area (Å²) in [6.07, 6.45) is -0.310. The first-order valence-electron chi connectivity index (χ1n) is 12.6. The number of nitrogens with zero attached hydrogens (tertiary/aromatic N) is 2. The number of esters is 1. The molecule has 0 amide bonds. The van der Waals surface area contributed by atoms with Gasteiger partial charge in [-0.2, -0.15) is 4.31 Å². The predicted molar refractivity (Wildman–Crippen MR) is 145 cm³/mol. The van der Waals surface area contributed by atoms with Crippen LogP contribution in [0.25, 0.3) is 0 Å². The highest BCUT2D eigenvalue weighted by atomic mass is 32.2. The first-order chi connectivity index (χ1) is 18.7. The molecule has 3 aromatic rings. The Labute approximate surface area is 229 Å². The van der Waals surface area contributed by atoms with Crippen molar-refractivity contribution in [1.29, 1.82) is 0 Å². The number of ether oxygens (including phenoxy) is 3. The molecule has 0 aromatic heterocycles. The van der Waals surface area contributed by atoms with Crippen LogP contribution in [0.4, 0.5) is 4.39 Å². The fraction of sp³-hybridized carbons (Fsp3) is 0.345. The molecule has 1 atom stereocenters. The zero-order valence-electron chi connectivity index (χ0n) is 22.3. The zero-order valence-corrected chi connectivity index (χ0v) is 23.1. The summed E-state index contributed by atoms with van der Waals surface area (Å²) >= 11 is 0. The summed E-state index contributed by atoms with van der Waals surface area (Å²) < 4.78 is 58.1. The van der Waals surface area contributed by atoms with Gasteiger partial charge < -0.3 is 14.2 Å². The van der Waals surface area contributed by atoms with Gasteiger partial charge in [0.15, 0.2) is 0 Å². The maximum Gasteiger partial charge on any atom is 0.337 e. The number of hydrogen-bond donors (Lipinski definition) is 0. The largest absolute Gasteiger partial charge is 0.497 e. The Morgan fingerprint density at radius 3 is 2.33 bits per heavy atom. The molecule has 1 heterocycles. The third kappa shape index (κ3) is 7.02. The normalized spacial score (nSPS) is 15.6. The van der Waals surface area contributed by atoms with E-state index in [0.717, 1.165) is 17.2 Å². The predicted octanol–water partition coefficient (Wildman–Crippen LogP) is 4.19. The van der Waals surface area contributed by atoms with Crippen molar-refractivity contribution < 1.29 is 31.8 Å². The quantitative estimate of drug-likeness (QED) is 0.346. The molecule has 0 radical (unpaired) electrons. The van der Waals surface area contributed by atoms with E-state index >= 15 is 0 Å². The average molecular weight is 557 g/mol. The Morgan fingerprint density at radius 1 is 0.974 bits per heavy atom. The second kappa shape index (κ2) is 12.7. The third-order valence-electron chi connectivity index (χ3n) is 6.83. The van der Waals surface area contributed by atoms with Gasteiger partial charge in [0.05, 0.1) is 37.4 Å². The monoisotopic (exact) mass is 556 g/mol. The summed E-state index contributed by atoms with van der Waals surface area (Å²) in [5.41, 5.74) is 2.70. The number of methoxy groups -OCH3 is 2. The summed E-state index contributed by atoms with van der Waals surface area (Å²) in [6.45, 7) is 4.05. The van der Waals surface area contributed by atoms with Gasteiger partial charge in [0, 0.05) is 32.7 Å². The molecular formula is C29H33FN2O6S. The Hall–Kier alpha value is -3.31. The Bertz CT molecular complexity index is 1390. The van der Waals surface area contributed by atoms with E-state index in [9.17, 15) is 17.6 Å². The van der Waals surface area contributed by atoms with Gasteiger partial charge in [-0.3, -0.25) is 4.90 Å². The van der Waals surface area contributed by atoms with E-state index in [-0.39, 0.29) is 24.1 Å². The van der Waals surface area contributed by atoms with Crippen LogP contribution in [0.2, 0.25) is 0 Å². The molecule has 0 N–H and O–H groups in total. The summed E-state index contributed by atoms with van der Waals surface area (Å²) in [6, 6.07) is 18.7. The van der Waals surface area contributed by atoms with E-state index in [1.165, 1.54) is 23.5 Å². The lowest BCUT2D eigenvalue weighted by molar-refractivity contribution is 0.00761. The minimum absolute atomic E-state index is 0.0325. The van der Waals surface area contributed by atoms with Crippen LogP contribution >= 0.6 is 0 Å². The summed E-state index contributed by atoms with van der Waals surface area (Å²) in [5.74, 6) is -0.219. The Morgan fingerprint density at radius 2 is 1.69 bits per heavy atom. The maximum absolute atomic E-state index is 14.0. The van der Waals surface area contributed by atoms with Crippen molar-refractivity contribution in [2.75, 3.05) is 46.9 Å². The summed E-state index contributed by atoms with van der Waals surface area (Å²) in [4.78, 5) is 13.8. The molecule has 1 aliphatic heterocycles. The van der Waals surface area contributed by atoms with Crippen molar-refractivity contribution in [1.82, 2.24) is 9.21 Å². The highest BCUT2D eigenvalue weighted by molar-refractivity contribution is 7.89. The van der Waals surface area contributed by atoms with Gasteiger partial charge in [-0.25, -0.2) is 17.6 Å². The minimum Gasteiger partial charge on any atom is -0.497 e. The second-order valence-electron chi connectivity index (χ2n) is 9.38. The lowest BCUT2D eigenvalue weighted by atomic mass is 10.1. The lowest BCUT2D eigenvalue weighted by Crippen LogP contribution is -2.49. The third-order valence-corrected chi connectivity index (χ3v) is 8.72. The molecule has 10 heteroatoms. The van der Waals surface area contributed by atoms with E-state index in [1.54, 1.807) is 26.2 Å². The standard InChI is InChI=1S/C29H33FN2O6S/c1-21-7-12-26(18-27(21)30)39(34,35)32-15-13-31(14-16-32)19-28(24-5-4-6-25(17-24)36-2)38-20-22-8-10-23(11-9-22)29(33)37-3/h4-12,17-18,28H,13-16,19-20H2,1-3H3/t28-/m1/s1. The van der Waals surface area contributed by atoms with Crippen molar-refractivity contribution in [2.24, 2.45) is 0 Å². The van der Waals surface area contributed by atoms with Crippen LogP contribution in [0.5, 0.6) is 5.75 Å². The van der Waals surface area contributed by atoms with Crippen LogP contribution in [0, 0.1) is 12.7 Å². The number of piperazine rings is 1. The summed E-state index contributed by atoms with van der Waals surface area (Å²) in [7, 11) is -0.835. The highest BCUT2D eigenvalue weighted by Gasteiger charge is 2.30. The van der Waals surface area contributed by atoms with Gasteiger partial charge >= 0.3 is 5.97 Å². The maximum atomic E-state index is 14.0. The molecular weight excluding hydrogens is 523 g/mol. The average Bonchev–Trinajstić information content (AvgIpc) is 2.96. The number of hydrogen-bond acceptors (Lipinski definition) is 7. The SMILES string of the molecule is COC(=O)c1ccc(CO[C@H](CN2CCN(S(=O)(=O)c3ccc(C)c(F)c3)CC2)c2cccc(OC)c2)cc1. The molecule has 1 fully saturated rings. The van der Waals surface area contributed by atoms with Gasteiger partial charge in [0.1, 0.15) is 11.6 Å². The number of benzene rings is 3. The number of carbonyl (C=O) groups is 1.